The van der Waals surface area contributed by atoms with Crippen molar-refractivity contribution in [3.05, 3.63) is 48.0 Å². The summed E-state index contributed by atoms with van der Waals surface area (Å²) in [5.41, 5.74) is 7.46. The fraction of sp³-hybridized carbons (Fsp3) is 0.483. The average molecular weight is 632 g/mol. The van der Waals surface area contributed by atoms with Gasteiger partial charge in [0.1, 0.15) is 30.8 Å². The molecule has 0 bridgehead atoms. The summed E-state index contributed by atoms with van der Waals surface area (Å²) in [6.45, 7) is 8.22. The monoisotopic (exact) mass is 631 g/mol. The molecule has 1 aromatic rings. The van der Waals surface area contributed by atoms with Crippen LogP contribution in [0.4, 0.5) is 9.59 Å². The number of esters is 1. The molecular weight excluding hydrogens is 590 g/mol. The minimum absolute atomic E-state index is 0.0270. The van der Waals surface area contributed by atoms with Gasteiger partial charge in [0, 0.05) is 38.3 Å². The van der Waals surface area contributed by atoms with Crippen LogP contribution in [-0.2, 0) is 40.1 Å². The zero-order valence-electron chi connectivity index (χ0n) is 26.0. The Bertz CT molecular complexity index is 1270. The van der Waals surface area contributed by atoms with Crippen molar-refractivity contribution in [1.82, 2.24) is 30.9 Å². The molecule has 16 nitrogen and oxygen atoms in total. The largest absolute Gasteiger partial charge is 0.458 e. The molecular formula is C29H41N7O9. The molecule has 0 aliphatic carbocycles. The lowest BCUT2D eigenvalue weighted by Crippen LogP contribution is -2.58. The maximum Gasteiger partial charge on any atom is 0.410 e. The maximum absolute atomic E-state index is 12.7. The molecule has 0 radical (unpaired) electrons. The summed E-state index contributed by atoms with van der Waals surface area (Å²) in [4.78, 5) is 89.3. The van der Waals surface area contributed by atoms with Crippen molar-refractivity contribution in [2.75, 3.05) is 32.7 Å². The molecule has 1 aromatic carbocycles. The summed E-state index contributed by atoms with van der Waals surface area (Å²) >= 11 is 0. The summed E-state index contributed by atoms with van der Waals surface area (Å²) in [5, 5.41) is 5.53. The van der Waals surface area contributed by atoms with Gasteiger partial charge in [-0.25, -0.2) is 19.4 Å². The van der Waals surface area contributed by atoms with Crippen molar-refractivity contribution < 1.29 is 43.0 Å². The number of ether oxygens (including phenoxy) is 2. The van der Waals surface area contributed by atoms with Gasteiger partial charge in [-0.15, -0.1) is 0 Å². The van der Waals surface area contributed by atoms with Crippen LogP contribution in [0.15, 0.2) is 42.5 Å². The van der Waals surface area contributed by atoms with E-state index >= 15 is 0 Å². The predicted octanol–water partition coefficient (Wildman–Crippen LogP) is -0.213. The lowest BCUT2D eigenvalue weighted by Gasteiger charge is -2.36. The number of nitrogens with two attached hydrogens (primary N) is 1. The van der Waals surface area contributed by atoms with E-state index in [1.807, 2.05) is 0 Å². The summed E-state index contributed by atoms with van der Waals surface area (Å²) in [5.74, 6) is -4.32. The summed E-state index contributed by atoms with van der Waals surface area (Å²) in [6.07, 6.45) is 1.15. The molecule has 45 heavy (non-hydrogen) atoms. The molecule has 5 N–H and O–H groups in total. The second kappa shape index (κ2) is 16.6. The molecule has 0 spiro atoms. The number of carbonyl (C=O) groups excluding carboxylic acids is 7. The van der Waals surface area contributed by atoms with E-state index in [4.69, 9.17) is 15.2 Å². The van der Waals surface area contributed by atoms with Crippen LogP contribution < -0.4 is 21.8 Å². The van der Waals surface area contributed by atoms with Gasteiger partial charge in [0.05, 0.1) is 0 Å². The van der Waals surface area contributed by atoms with E-state index in [-0.39, 0.29) is 32.8 Å². The van der Waals surface area contributed by atoms with Gasteiger partial charge >= 0.3 is 18.1 Å². The van der Waals surface area contributed by atoms with Crippen molar-refractivity contribution >= 4 is 41.7 Å². The van der Waals surface area contributed by atoms with Gasteiger partial charge in [-0.3, -0.25) is 24.6 Å². The number of amides is 7. The highest BCUT2D eigenvalue weighted by Gasteiger charge is 2.29. The van der Waals surface area contributed by atoms with Crippen LogP contribution in [0.2, 0.25) is 0 Å². The van der Waals surface area contributed by atoms with E-state index < -0.39 is 66.0 Å². The highest BCUT2D eigenvalue weighted by molar-refractivity contribution is 5.98. The van der Waals surface area contributed by atoms with E-state index in [9.17, 15) is 33.6 Å². The van der Waals surface area contributed by atoms with Crippen LogP contribution in [0.5, 0.6) is 0 Å². The van der Waals surface area contributed by atoms with Gasteiger partial charge < -0.3 is 35.6 Å². The second-order valence-corrected chi connectivity index (χ2v) is 11.1. The third-order valence-electron chi connectivity index (χ3n) is 6.11. The van der Waals surface area contributed by atoms with Crippen LogP contribution in [0, 0.1) is 0 Å². The number of urea groups is 1. The molecule has 1 heterocycles. The molecule has 7 amide bonds. The number of nitrogens with one attached hydrogen (secondary N) is 3. The number of primary amides is 1. The Balaban J connectivity index is 1.84. The van der Waals surface area contributed by atoms with Crippen LogP contribution >= 0.6 is 0 Å². The number of carbonyl (C=O) groups is 7. The number of rotatable bonds is 10. The number of hydrogen-bond donors (Lipinski definition) is 4. The van der Waals surface area contributed by atoms with Crippen LogP contribution in [0.1, 0.15) is 40.2 Å². The third-order valence-corrected chi connectivity index (χ3v) is 6.11. The van der Waals surface area contributed by atoms with E-state index in [0.717, 1.165) is 17.7 Å². The SMILES string of the molecule is C[C@H](NC(=O)[C@H](C)NC(=O)N1CCN(C(=O)OC(C)(C)C)CC1)C(=O)NN(CC(N)=O)C(=O)/C=C/C(=O)OCc1ccccc1. The van der Waals surface area contributed by atoms with Gasteiger partial charge in [0.15, 0.2) is 0 Å². The van der Waals surface area contributed by atoms with Gasteiger partial charge in [0.25, 0.3) is 11.8 Å². The zero-order chi connectivity index (χ0) is 33.7. The predicted molar refractivity (Wildman–Crippen MR) is 159 cm³/mol. The fourth-order valence-corrected chi connectivity index (χ4v) is 3.73. The van der Waals surface area contributed by atoms with Gasteiger partial charge in [-0.2, -0.15) is 0 Å². The van der Waals surface area contributed by atoms with Crippen molar-refractivity contribution in [3.8, 4) is 0 Å². The Kier molecular flexibility index (Phi) is 13.3. The van der Waals surface area contributed by atoms with Crippen molar-refractivity contribution in [1.29, 1.82) is 0 Å². The smallest absolute Gasteiger partial charge is 0.410 e. The van der Waals surface area contributed by atoms with Gasteiger partial charge in [-0.05, 0) is 40.2 Å². The maximum atomic E-state index is 12.7. The molecule has 1 fully saturated rings. The van der Waals surface area contributed by atoms with Crippen LogP contribution in [0.3, 0.4) is 0 Å². The van der Waals surface area contributed by atoms with E-state index in [0.29, 0.717) is 5.01 Å². The Labute approximate surface area is 261 Å². The standard InChI is InChI=1S/C29H41N7O9/c1-19(32-27(42)34-13-15-35(16-14-34)28(43)45-29(3,4)5)25(40)31-20(2)26(41)33-36(17-22(30)37)23(38)11-12-24(39)44-18-21-9-7-6-8-10-21/h6-12,19-20H,13-18H2,1-5H3,(H2,30,37)(H,31,40)(H,32,42)(H,33,41)/b12-11+/t19-,20-/m0/s1. The molecule has 0 aromatic heterocycles. The van der Waals surface area contributed by atoms with E-state index in [1.165, 1.54) is 23.6 Å². The molecule has 16 heteroatoms. The number of hydrazine groups is 1. The summed E-state index contributed by atoms with van der Waals surface area (Å²) < 4.78 is 10.4. The van der Waals surface area contributed by atoms with Crippen molar-refractivity contribution in [2.24, 2.45) is 5.73 Å². The minimum atomic E-state index is -1.21. The topological polar surface area (TPSA) is 210 Å². The van der Waals surface area contributed by atoms with Crippen molar-refractivity contribution in [2.45, 2.75) is 58.9 Å². The molecule has 1 saturated heterocycles. The van der Waals surface area contributed by atoms with Gasteiger partial charge in [0.2, 0.25) is 11.8 Å². The molecule has 0 unspecified atom stereocenters. The number of benzene rings is 1. The number of piperazine rings is 1. The summed E-state index contributed by atoms with van der Waals surface area (Å²) in [7, 11) is 0. The Morgan fingerprint density at radius 2 is 1.47 bits per heavy atom. The molecule has 1 aliphatic rings. The summed E-state index contributed by atoms with van der Waals surface area (Å²) in [6, 6.07) is 6.04. The minimum Gasteiger partial charge on any atom is -0.458 e. The Morgan fingerprint density at radius 3 is 2.04 bits per heavy atom. The normalized spacial score (nSPS) is 14.5. The first kappa shape index (κ1) is 36.0. The first-order valence-electron chi connectivity index (χ1n) is 14.2. The number of hydrogen-bond acceptors (Lipinski definition) is 9. The molecule has 1 aliphatic heterocycles. The number of nitrogens with zero attached hydrogens (tertiary/aromatic N) is 3. The quantitative estimate of drug-likeness (QED) is 0.153. The first-order valence-corrected chi connectivity index (χ1v) is 14.2. The lowest BCUT2D eigenvalue weighted by atomic mass is 10.2. The molecule has 2 rings (SSSR count). The highest BCUT2D eigenvalue weighted by atomic mass is 16.6. The van der Waals surface area contributed by atoms with Gasteiger partial charge in [-0.1, -0.05) is 30.3 Å². The second-order valence-electron chi connectivity index (χ2n) is 11.1. The Hall–Kier alpha value is -5.15. The molecule has 246 valence electrons. The van der Waals surface area contributed by atoms with E-state index in [2.05, 4.69) is 16.1 Å². The lowest BCUT2D eigenvalue weighted by molar-refractivity contribution is -0.142. The first-order chi connectivity index (χ1) is 21.1. The van der Waals surface area contributed by atoms with Crippen LogP contribution in [-0.4, -0.2) is 107 Å². The van der Waals surface area contributed by atoms with E-state index in [1.54, 1.807) is 51.1 Å². The molecule has 2 atom stereocenters. The average Bonchev–Trinajstić information content (AvgIpc) is 2.97. The van der Waals surface area contributed by atoms with Crippen LogP contribution in [0.25, 0.3) is 0 Å². The Morgan fingerprint density at radius 1 is 0.889 bits per heavy atom. The third kappa shape index (κ3) is 12.9. The highest BCUT2D eigenvalue weighted by Crippen LogP contribution is 2.12. The molecule has 0 saturated carbocycles. The van der Waals surface area contributed by atoms with Crippen molar-refractivity contribution in [3.63, 3.8) is 0 Å². The fourth-order valence-electron chi connectivity index (χ4n) is 3.73. The zero-order valence-corrected chi connectivity index (χ0v) is 26.0.